The number of aromatic nitrogens is 3. The van der Waals surface area contributed by atoms with Crippen molar-refractivity contribution in [3.05, 3.63) is 0 Å². The van der Waals surface area contributed by atoms with Crippen molar-refractivity contribution in [3.63, 3.8) is 0 Å². The van der Waals surface area contributed by atoms with E-state index in [1.165, 1.54) is 0 Å². The summed E-state index contributed by atoms with van der Waals surface area (Å²) in [6.45, 7) is 8.44. The number of nitrogen functional groups attached to an aromatic ring is 1. The monoisotopic (exact) mass is 295 g/mol. The summed E-state index contributed by atoms with van der Waals surface area (Å²) in [5.41, 5.74) is 2.53. The van der Waals surface area contributed by atoms with Crippen LogP contribution in [0.25, 0.3) is 0 Å². The Labute approximate surface area is 125 Å². The van der Waals surface area contributed by atoms with Crippen LogP contribution in [0.4, 0.5) is 17.8 Å². The fourth-order valence-corrected chi connectivity index (χ4v) is 2.59. The number of anilines is 3. The lowest BCUT2D eigenvalue weighted by Gasteiger charge is -2.22. The highest BCUT2D eigenvalue weighted by Gasteiger charge is 2.25. The van der Waals surface area contributed by atoms with Crippen molar-refractivity contribution in [2.75, 3.05) is 55.1 Å². The third kappa shape index (κ3) is 3.70. The van der Waals surface area contributed by atoms with E-state index in [1.54, 1.807) is 7.11 Å². The van der Waals surface area contributed by atoms with Crippen LogP contribution in [-0.2, 0) is 4.74 Å². The van der Waals surface area contributed by atoms with Gasteiger partial charge in [0.15, 0.2) is 0 Å². The first-order valence-electron chi connectivity index (χ1n) is 7.43. The normalized spacial score (nSPS) is 18.1. The molecule has 0 saturated carbocycles. The van der Waals surface area contributed by atoms with Crippen LogP contribution in [0.5, 0.6) is 0 Å². The van der Waals surface area contributed by atoms with Gasteiger partial charge in [0.25, 0.3) is 0 Å². The third-order valence-electron chi connectivity index (χ3n) is 3.76. The van der Waals surface area contributed by atoms with Crippen molar-refractivity contribution in [1.29, 1.82) is 0 Å². The number of hydrogen-bond donors (Lipinski definition) is 2. The van der Waals surface area contributed by atoms with Gasteiger partial charge in [-0.15, -0.1) is 0 Å². The summed E-state index contributed by atoms with van der Waals surface area (Å²) in [5.74, 6) is 7.75. The zero-order chi connectivity index (χ0) is 15.2. The molecule has 118 valence electrons. The summed E-state index contributed by atoms with van der Waals surface area (Å²) in [6, 6.07) is 0. The highest BCUT2D eigenvalue weighted by Crippen LogP contribution is 2.23. The van der Waals surface area contributed by atoms with E-state index < -0.39 is 0 Å². The van der Waals surface area contributed by atoms with Gasteiger partial charge in [-0.05, 0) is 20.3 Å². The fraction of sp³-hybridized carbons (Fsp3) is 0.769. The van der Waals surface area contributed by atoms with Gasteiger partial charge in [-0.25, -0.2) is 5.84 Å². The molecule has 0 aromatic carbocycles. The lowest BCUT2D eigenvalue weighted by molar-refractivity contribution is 0.161. The van der Waals surface area contributed by atoms with Crippen LogP contribution in [-0.4, -0.2) is 54.8 Å². The second-order valence-corrected chi connectivity index (χ2v) is 5.13. The van der Waals surface area contributed by atoms with E-state index in [2.05, 4.69) is 44.0 Å². The maximum Gasteiger partial charge on any atom is 0.243 e. The first kappa shape index (κ1) is 15.7. The maximum atomic E-state index is 5.48. The Hall–Kier alpha value is -1.67. The molecule has 3 N–H and O–H groups in total. The molecule has 8 nitrogen and oxygen atoms in total. The summed E-state index contributed by atoms with van der Waals surface area (Å²) >= 11 is 0. The van der Waals surface area contributed by atoms with Gasteiger partial charge < -0.3 is 14.5 Å². The van der Waals surface area contributed by atoms with Crippen molar-refractivity contribution < 1.29 is 4.74 Å². The minimum absolute atomic E-state index is 0.400. The molecule has 1 atom stereocenters. The van der Waals surface area contributed by atoms with Gasteiger partial charge in [0.2, 0.25) is 17.8 Å². The number of methoxy groups -OCH3 is 1. The summed E-state index contributed by atoms with van der Waals surface area (Å²) < 4.78 is 5.23. The van der Waals surface area contributed by atoms with E-state index in [0.29, 0.717) is 23.8 Å². The summed E-state index contributed by atoms with van der Waals surface area (Å²) in [7, 11) is 1.74. The topological polar surface area (TPSA) is 92.4 Å². The summed E-state index contributed by atoms with van der Waals surface area (Å²) in [4.78, 5) is 17.6. The van der Waals surface area contributed by atoms with E-state index in [0.717, 1.165) is 39.2 Å². The molecule has 1 saturated heterocycles. The number of nitrogens with two attached hydrogens (primary N) is 1. The van der Waals surface area contributed by atoms with Gasteiger partial charge in [0, 0.05) is 39.2 Å². The van der Waals surface area contributed by atoms with Crippen LogP contribution < -0.4 is 21.1 Å². The quantitative estimate of drug-likeness (QED) is 0.554. The summed E-state index contributed by atoms with van der Waals surface area (Å²) in [6.07, 6.45) is 1.09. The molecule has 0 radical (unpaired) electrons. The number of nitrogens with one attached hydrogen (secondary N) is 1. The van der Waals surface area contributed by atoms with E-state index in [-0.39, 0.29) is 0 Å². The Kier molecular flexibility index (Phi) is 5.51. The molecule has 1 aromatic rings. The predicted octanol–water partition coefficient (Wildman–Crippen LogP) is 0.476. The number of hydrazine groups is 1. The number of hydrogen-bond acceptors (Lipinski definition) is 8. The largest absolute Gasteiger partial charge is 0.384 e. The first-order valence-corrected chi connectivity index (χ1v) is 7.43. The fourth-order valence-electron chi connectivity index (χ4n) is 2.59. The molecule has 0 spiro atoms. The van der Waals surface area contributed by atoms with Crippen LogP contribution >= 0.6 is 0 Å². The molecule has 21 heavy (non-hydrogen) atoms. The average molecular weight is 295 g/mol. The molecule has 0 bridgehead atoms. The van der Waals surface area contributed by atoms with E-state index in [1.807, 2.05) is 0 Å². The zero-order valence-corrected chi connectivity index (χ0v) is 13.0. The van der Waals surface area contributed by atoms with Crippen molar-refractivity contribution in [3.8, 4) is 0 Å². The average Bonchev–Trinajstić information content (AvgIpc) is 2.97. The van der Waals surface area contributed by atoms with Crippen LogP contribution in [0.2, 0.25) is 0 Å². The molecular weight excluding hydrogens is 270 g/mol. The maximum absolute atomic E-state index is 5.48. The SMILES string of the molecule is CCN(CC)c1nc(NN)nc(N2CCC(COC)C2)n1. The Bertz CT molecular complexity index is 452. The smallest absolute Gasteiger partial charge is 0.243 e. The molecule has 2 heterocycles. The Morgan fingerprint density at radius 3 is 2.71 bits per heavy atom. The molecule has 8 heteroatoms. The van der Waals surface area contributed by atoms with Crippen molar-refractivity contribution in [1.82, 2.24) is 15.0 Å². The lowest BCUT2D eigenvalue weighted by Crippen LogP contribution is -2.29. The van der Waals surface area contributed by atoms with Crippen molar-refractivity contribution >= 4 is 17.8 Å². The van der Waals surface area contributed by atoms with Gasteiger partial charge >= 0.3 is 0 Å². The van der Waals surface area contributed by atoms with Crippen molar-refractivity contribution in [2.24, 2.45) is 11.8 Å². The van der Waals surface area contributed by atoms with Crippen LogP contribution in [0.3, 0.4) is 0 Å². The van der Waals surface area contributed by atoms with Gasteiger partial charge in [-0.2, -0.15) is 15.0 Å². The Morgan fingerprint density at radius 1 is 1.33 bits per heavy atom. The van der Waals surface area contributed by atoms with Gasteiger partial charge in [-0.1, -0.05) is 0 Å². The molecule has 0 aliphatic carbocycles. The lowest BCUT2D eigenvalue weighted by atomic mass is 10.1. The molecule has 1 aliphatic heterocycles. The minimum atomic E-state index is 0.400. The molecule has 1 fully saturated rings. The number of nitrogens with zero attached hydrogens (tertiary/aromatic N) is 5. The van der Waals surface area contributed by atoms with E-state index in [9.17, 15) is 0 Å². The zero-order valence-electron chi connectivity index (χ0n) is 13.0. The van der Waals surface area contributed by atoms with Gasteiger partial charge in [0.1, 0.15) is 0 Å². The predicted molar refractivity (Wildman–Crippen MR) is 83.4 cm³/mol. The minimum Gasteiger partial charge on any atom is -0.384 e. The molecule has 0 amide bonds. The van der Waals surface area contributed by atoms with Gasteiger partial charge in [-0.3, -0.25) is 5.43 Å². The Morgan fingerprint density at radius 2 is 2.10 bits per heavy atom. The van der Waals surface area contributed by atoms with Crippen LogP contribution in [0, 0.1) is 5.92 Å². The number of ether oxygens (including phenoxy) is 1. The first-order chi connectivity index (χ1) is 10.2. The second kappa shape index (κ2) is 7.37. The molecule has 1 aliphatic rings. The second-order valence-electron chi connectivity index (χ2n) is 5.13. The molecular formula is C13H25N7O. The van der Waals surface area contributed by atoms with Crippen LogP contribution in [0.15, 0.2) is 0 Å². The summed E-state index contributed by atoms with van der Waals surface area (Å²) in [5, 5.41) is 0. The van der Waals surface area contributed by atoms with E-state index >= 15 is 0 Å². The Balaban J connectivity index is 2.21. The third-order valence-corrected chi connectivity index (χ3v) is 3.76. The highest BCUT2D eigenvalue weighted by molar-refractivity contribution is 5.45. The molecule has 1 aromatic heterocycles. The number of rotatable bonds is 7. The van der Waals surface area contributed by atoms with Gasteiger partial charge in [0.05, 0.1) is 6.61 Å². The standard InChI is InChI=1S/C13H25N7O/c1-4-19(5-2)12-15-11(18-14)16-13(17-12)20-7-6-10(8-20)9-21-3/h10H,4-9,14H2,1-3H3,(H,15,16,17,18). The van der Waals surface area contributed by atoms with E-state index in [4.69, 9.17) is 10.6 Å². The highest BCUT2D eigenvalue weighted by atomic mass is 16.5. The van der Waals surface area contributed by atoms with Crippen molar-refractivity contribution in [2.45, 2.75) is 20.3 Å². The molecule has 2 rings (SSSR count). The van der Waals surface area contributed by atoms with Crippen LogP contribution in [0.1, 0.15) is 20.3 Å². The molecule has 1 unspecified atom stereocenters.